The van der Waals surface area contributed by atoms with E-state index in [4.69, 9.17) is 14.2 Å². The van der Waals surface area contributed by atoms with Crippen LogP contribution >= 0.6 is 0 Å². The Hall–Kier alpha value is -1.42. The number of rotatable bonds is 6. The molecular formula is C13H19NO3. The van der Waals surface area contributed by atoms with Crippen LogP contribution in [0.1, 0.15) is 20.3 Å². The third-order valence-corrected chi connectivity index (χ3v) is 2.66. The van der Waals surface area contributed by atoms with E-state index in [0.29, 0.717) is 6.79 Å². The molecule has 0 saturated heterocycles. The number of benzene rings is 1. The molecule has 1 aromatic carbocycles. The van der Waals surface area contributed by atoms with E-state index in [1.165, 1.54) is 0 Å². The smallest absolute Gasteiger partial charge is 0.231 e. The van der Waals surface area contributed by atoms with Crippen LogP contribution in [0.5, 0.6) is 17.2 Å². The van der Waals surface area contributed by atoms with Crippen molar-refractivity contribution in [1.82, 2.24) is 5.32 Å². The van der Waals surface area contributed by atoms with Crippen molar-refractivity contribution in [1.29, 1.82) is 0 Å². The normalized spacial score (nSPS) is 14.7. The van der Waals surface area contributed by atoms with E-state index in [1.807, 2.05) is 18.2 Å². The van der Waals surface area contributed by atoms with Gasteiger partial charge in [-0.3, -0.25) is 0 Å². The fraction of sp³-hybridized carbons (Fsp3) is 0.538. The number of hydrogen-bond acceptors (Lipinski definition) is 4. The Morgan fingerprint density at radius 3 is 3.00 bits per heavy atom. The minimum atomic E-state index is 0.189. The van der Waals surface area contributed by atoms with Gasteiger partial charge in [0.15, 0.2) is 11.5 Å². The van der Waals surface area contributed by atoms with E-state index in [-0.39, 0.29) is 6.10 Å². The summed E-state index contributed by atoms with van der Waals surface area (Å²) in [5, 5.41) is 3.28. The van der Waals surface area contributed by atoms with E-state index in [2.05, 4.69) is 19.2 Å². The Bertz CT molecular complexity index is 368. The Morgan fingerprint density at radius 1 is 1.35 bits per heavy atom. The van der Waals surface area contributed by atoms with Crippen molar-refractivity contribution in [2.45, 2.75) is 26.4 Å². The minimum absolute atomic E-state index is 0.189. The maximum atomic E-state index is 5.81. The second-order valence-corrected chi connectivity index (χ2v) is 4.09. The first-order chi connectivity index (χ1) is 8.29. The quantitative estimate of drug-likeness (QED) is 0.770. The Kier molecular flexibility index (Phi) is 4.09. The van der Waals surface area contributed by atoms with Crippen LogP contribution in [-0.2, 0) is 0 Å². The molecule has 4 heteroatoms. The SMILES string of the molecule is CCNCCC(C)Oc1ccc2c(c1)OCO2. The zero-order valence-electron chi connectivity index (χ0n) is 10.4. The summed E-state index contributed by atoms with van der Waals surface area (Å²) in [7, 11) is 0. The van der Waals surface area contributed by atoms with Crippen LogP contribution in [0.4, 0.5) is 0 Å². The second kappa shape index (κ2) is 5.77. The van der Waals surface area contributed by atoms with E-state index in [0.717, 1.165) is 36.8 Å². The molecule has 17 heavy (non-hydrogen) atoms. The van der Waals surface area contributed by atoms with Crippen LogP contribution in [0.25, 0.3) is 0 Å². The molecule has 0 fully saturated rings. The van der Waals surface area contributed by atoms with Crippen LogP contribution in [0.3, 0.4) is 0 Å². The van der Waals surface area contributed by atoms with Gasteiger partial charge in [0.2, 0.25) is 6.79 Å². The molecule has 1 aromatic rings. The highest BCUT2D eigenvalue weighted by atomic mass is 16.7. The van der Waals surface area contributed by atoms with Gasteiger partial charge in [0.05, 0.1) is 6.10 Å². The molecule has 1 atom stereocenters. The summed E-state index contributed by atoms with van der Waals surface area (Å²) in [6, 6.07) is 5.68. The molecule has 0 saturated carbocycles. The summed E-state index contributed by atoms with van der Waals surface area (Å²) in [5.74, 6) is 2.39. The fourth-order valence-corrected chi connectivity index (χ4v) is 1.72. The van der Waals surface area contributed by atoms with Crippen LogP contribution < -0.4 is 19.5 Å². The number of ether oxygens (including phenoxy) is 3. The summed E-state index contributed by atoms with van der Waals surface area (Å²) >= 11 is 0. The molecule has 2 rings (SSSR count). The number of fused-ring (bicyclic) bond motifs is 1. The average Bonchev–Trinajstić information content (AvgIpc) is 2.76. The summed E-state index contributed by atoms with van der Waals surface area (Å²) in [6.45, 7) is 6.44. The molecule has 1 unspecified atom stereocenters. The zero-order valence-corrected chi connectivity index (χ0v) is 10.4. The lowest BCUT2D eigenvalue weighted by atomic mass is 10.2. The molecule has 0 aliphatic carbocycles. The van der Waals surface area contributed by atoms with Crippen molar-refractivity contribution in [3.8, 4) is 17.2 Å². The van der Waals surface area contributed by atoms with Gasteiger partial charge in [0.25, 0.3) is 0 Å². The van der Waals surface area contributed by atoms with E-state index >= 15 is 0 Å². The van der Waals surface area contributed by atoms with Gasteiger partial charge in [-0.1, -0.05) is 6.92 Å². The topological polar surface area (TPSA) is 39.7 Å². The first kappa shape index (κ1) is 12.0. The Labute approximate surface area is 102 Å². The molecule has 94 valence electrons. The number of hydrogen-bond donors (Lipinski definition) is 1. The van der Waals surface area contributed by atoms with Crippen LogP contribution in [0.2, 0.25) is 0 Å². The number of nitrogens with one attached hydrogen (secondary N) is 1. The summed E-state index contributed by atoms with van der Waals surface area (Å²) < 4.78 is 16.4. The Morgan fingerprint density at radius 2 is 2.18 bits per heavy atom. The highest BCUT2D eigenvalue weighted by Gasteiger charge is 2.14. The first-order valence-electron chi connectivity index (χ1n) is 6.06. The van der Waals surface area contributed by atoms with Gasteiger partial charge in [-0.25, -0.2) is 0 Å². The van der Waals surface area contributed by atoms with Crippen LogP contribution in [-0.4, -0.2) is 26.0 Å². The maximum Gasteiger partial charge on any atom is 0.231 e. The van der Waals surface area contributed by atoms with Gasteiger partial charge in [-0.05, 0) is 38.6 Å². The molecule has 0 aromatic heterocycles. The molecular weight excluding hydrogens is 218 g/mol. The van der Waals surface area contributed by atoms with Crippen molar-refractivity contribution in [3.63, 3.8) is 0 Å². The third kappa shape index (κ3) is 3.27. The van der Waals surface area contributed by atoms with Crippen LogP contribution in [0.15, 0.2) is 18.2 Å². The van der Waals surface area contributed by atoms with Crippen molar-refractivity contribution in [2.24, 2.45) is 0 Å². The summed E-state index contributed by atoms with van der Waals surface area (Å²) in [5.41, 5.74) is 0. The predicted octanol–water partition coefficient (Wildman–Crippen LogP) is 2.18. The van der Waals surface area contributed by atoms with Crippen molar-refractivity contribution >= 4 is 0 Å². The van der Waals surface area contributed by atoms with Crippen LogP contribution in [0, 0.1) is 0 Å². The molecule has 4 nitrogen and oxygen atoms in total. The third-order valence-electron chi connectivity index (χ3n) is 2.66. The molecule has 0 bridgehead atoms. The van der Waals surface area contributed by atoms with Gasteiger partial charge in [0.1, 0.15) is 5.75 Å². The van der Waals surface area contributed by atoms with E-state index in [1.54, 1.807) is 0 Å². The summed E-state index contributed by atoms with van der Waals surface area (Å²) in [4.78, 5) is 0. The van der Waals surface area contributed by atoms with Gasteiger partial charge < -0.3 is 19.5 Å². The maximum absolute atomic E-state index is 5.81. The molecule has 1 N–H and O–H groups in total. The minimum Gasteiger partial charge on any atom is -0.491 e. The Balaban J connectivity index is 1.86. The average molecular weight is 237 g/mol. The largest absolute Gasteiger partial charge is 0.491 e. The van der Waals surface area contributed by atoms with Gasteiger partial charge in [-0.15, -0.1) is 0 Å². The monoisotopic (exact) mass is 237 g/mol. The predicted molar refractivity (Wildman–Crippen MR) is 65.8 cm³/mol. The highest BCUT2D eigenvalue weighted by molar-refractivity contribution is 5.46. The lowest BCUT2D eigenvalue weighted by molar-refractivity contribution is 0.173. The molecule has 1 heterocycles. The lowest BCUT2D eigenvalue weighted by Gasteiger charge is -2.15. The van der Waals surface area contributed by atoms with Crippen molar-refractivity contribution in [3.05, 3.63) is 18.2 Å². The van der Waals surface area contributed by atoms with E-state index in [9.17, 15) is 0 Å². The lowest BCUT2D eigenvalue weighted by Crippen LogP contribution is -2.21. The molecule has 0 radical (unpaired) electrons. The van der Waals surface area contributed by atoms with Crippen molar-refractivity contribution < 1.29 is 14.2 Å². The molecule has 1 aliphatic rings. The fourth-order valence-electron chi connectivity index (χ4n) is 1.72. The molecule has 0 spiro atoms. The summed E-state index contributed by atoms with van der Waals surface area (Å²) in [6.07, 6.45) is 1.18. The second-order valence-electron chi connectivity index (χ2n) is 4.09. The van der Waals surface area contributed by atoms with Crippen molar-refractivity contribution in [2.75, 3.05) is 19.9 Å². The zero-order chi connectivity index (χ0) is 12.1. The van der Waals surface area contributed by atoms with E-state index < -0.39 is 0 Å². The highest BCUT2D eigenvalue weighted by Crippen LogP contribution is 2.35. The van der Waals surface area contributed by atoms with Gasteiger partial charge >= 0.3 is 0 Å². The van der Waals surface area contributed by atoms with Gasteiger partial charge in [-0.2, -0.15) is 0 Å². The standard InChI is InChI=1S/C13H19NO3/c1-3-14-7-6-10(2)17-11-4-5-12-13(8-11)16-9-15-12/h4-5,8,10,14H,3,6-7,9H2,1-2H3. The molecule has 1 aliphatic heterocycles. The molecule has 0 amide bonds. The van der Waals surface area contributed by atoms with Gasteiger partial charge in [0, 0.05) is 6.07 Å². The first-order valence-corrected chi connectivity index (χ1v) is 6.06.